The van der Waals surface area contributed by atoms with Gasteiger partial charge in [0, 0.05) is 11.1 Å². The van der Waals surface area contributed by atoms with E-state index in [1.165, 1.54) is 17.7 Å². The normalized spacial score (nSPS) is 11.7. The standard InChI is InChI=1S/C28H32O6/c1-15(2)7-6-8-17(5)10-12-18-24(31)19(11-9-16(3)4)27-23(25(18)32)26(33)22-20(29)13-14-21(30)28(22)34-27/h7,9-10,13-14,29-32H,6,8,11-12H2,1-5H3. The lowest BCUT2D eigenvalue weighted by molar-refractivity contribution is 0.437. The molecule has 0 atom stereocenters. The Morgan fingerprint density at radius 3 is 2.03 bits per heavy atom. The molecule has 3 aromatic rings. The summed E-state index contributed by atoms with van der Waals surface area (Å²) in [4.78, 5) is 13.4. The van der Waals surface area contributed by atoms with Crippen LogP contribution in [0.25, 0.3) is 21.9 Å². The van der Waals surface area contributed by atoms with Crippen LogP contribution in [0.1, 0.15) is 58.6 Å². The third kappa shape index (κ3) is 4.96. The molecule has 0 aliphatic heterocycles. The molecule has 0 fully saturated rings. The quantitative estimate of drug-likeness (QED) is 0.180. The number of hydrogen-bond acceptors (Lipinski definition) is 6. The highest BCUT2D eigenvalue weighted by atomic mass is 16.4. The van der Waals surface area contributed by atoms with Crippen molar-refractivity contribution in [3.05, 3.63) is 68.4 Å². The molecule has 1 heterocycles. The minimum Gasteiger partial charge on any atom is -0.507 e. The fourth-order valence-electron chi connectivity index (χ4n) is 3.90. The zero-order chi connectivity index (χ0) is 25.2. The summed E-state index contributed by atoms with van der Waals surface area (Å²) < 4.78 is 5.84. The van der Waals surface area contributed by atoms with Crippen molar-refractivity contribution in [2.45, 2.75) is 60.3 Å². The van der Waals surface area contributed by atoms with E-state index in [4.69, 9.17) is 4.42 Å². The Bertz CT molecular complexity index is 1390. The van der Waals surface area contributed by atoms with Crippen molar-refractivity contribution in [2.24, 2.45) is 0 Å². The molecule has 34 heavy (non-hydrogen) atoms. The average molecular weight is 465 g/mol. The fraction of sp³-hybridized carbons (Fsp3) is 0.321. The number of phenols is 4. The van der Waals surface area contributed by atoms with Gasteiger partial charge in [-0.05, 0) is 72.4 Å². The number of hydrogen-bond donors (Lipinski definition) is 4. The zero-order valence-electron chi connectivity index (χ0n) is 20.3. The molecular formula is C28H32O6. The summed E-state index contributed by atoms with van der Waals surface area (Å²) in [6.07, 6.45) is 8.17. The molecule has 6 heteroatoms. The molecule has 0 aliphatic rings. The number of allylic oxidation sites excluding steroid dienone is 6. The molecule has 0 amide bonds. The highest BCUT2D eigenvalue weighted by Crippen LogP contribution is 2.42. The van der Waals surface area contributed by atoms with E-state index in [-0.39, 0.29) is 63.3 Å². The minimum absolute atomic E-state index is 0.0149. The highest BCUT2D eigenvalue weighted by Gasteiger charge is 2.25. The number of phenolic OH excluding ortho intramolecular Hbond substituents is 4. The van der Waals surface area contributed by atoms with Gasteiger partial charge in [-0.3, -0.25) is 4.79 Å². The third-order valence-electron chi connectivity index (χ3n) is 5.83. The topological polar surface area (TPSA) is 111 Å². The molecule has 0 unspecified atom stereocenters. The Labute approximate surface area is 198 Å². The van der Waals surface area contributed by atoms with E-state index in [9.17, 15) is 25.2 Å². The van der Waals surface area contributed by atoms with Crippen LogP contribution in [0.15, 0.2) is 56.3 Å². The molecule has 180 valence electrons. The van der Waals surface area contributed by atoms with Crippen LogP contribution in [0.5, 0.6) is 23.0 Å². The second kappa shape index (κ2) is 10.1. The van der Waals surface area contributed by atoms with E-state index >= 15 is 0 Å². The van der Waals surface area contributed by atoms with Gasteiger partial charge in [-0.2, -0.15) is 0 Å². The maximum absolute atomic E-state index is 13.4. The molecule has 0 bridgehead atoms. The van der Waals surface area contributed by atoms with Crippen LogP contribution >= 0.6 is 0 Å². The zero-order valence-corrected chi connectivity index (χ0v) is 20.3. The first-order valence-electron chi connectivity index (χ1n) is 11.3. The van der Waals surface area contributed by atoms with Gasteiger partial charge in [-0.1, -0.05) is 34.9 Å². The summed E-state index contributed by atoms with van der Waals surface area (Å²) in [5.74, 6) is -1.23. The second-order valence-electron chi connectivity index (χ2n) is 9.16. The smallest absolute Gasteiger partial charge is 0.208 e. The summed E-state index contributed by atoms with van der Waals surface area (Å²) in [5.41, 5.74) is 3.01. The fourth-order valence-corrected chi connectivity index (χ4v) is 3.90. The summed E-state index contributed by atoms with van der Waals surface area (Å²) >= 11 is 0. The predicted molar refractivity (Wildman–Crippen MR) is 136 cm³/mol. The molecule has 2 aromatic carbocycles. The largest absolute Gasteiger partial charge is 0.507 e. The first-order chi connectivity index (χ1) is 16.0. The van der Waals surface area contributed by atoms with Crippen molar-refractivity contribution in [3.8, 4) is 23.0 Å². The lowest BCUT2D eigenvalue weighted by Gasteiger charge is -2.15. The van der Waals surface area contributed by atoms with E-state index < -0.39 is 5.43 Å². The molecular weight excluding hydrogens is 432 g/mol. The van der Waals surface area contributed by atoms with Gasteiger partial charge in [0.25, 0.3) is 0 Å². The third-order valence-corrected chi connectivity index (χ3v) is 5.83. The van der Waals surface area contributed by atoms with Gasteiger partial charge in [0.1, 0.15) is 33.6 Å². The van der Waals surface area contributed by atoms with E-state index in [2.05, 4.69) is 6.08 Å². The van der Waals surface area contributed by atoms with Gasteiger partial charge < -0.3 is 24.8 Å². The number of aromatic hydroxyl groups is 4. The van der Waals surface area contributed by atoms with Gasteiger partial charge in [0.2, 0.25) is 5.43 Å². The summed E-state index contributed by atoms with van der Waals surface area (Å²) in [6, 6.07) is 2.42. The maximum Gasteiger partial charge on any atom is 0.208 e. The van der Waals surface area contributed by atoms with Crippen LogP contribution in [-0.2, 0) is 12.8 Å². The highest BCUT2D eigenvalue weighted by molar-refractivity contribution is 6.00. The molecule has 0 aliphatic carbocycles. The van der Waals surface area contributed by atoms with Crippen LogP contribution in [0.3, 0.4) is 0 Å². The SMILES string of the molecule is CC(C)=CCCC(C)=CCc1c(O)c(CC=C(C)C)c2oc3c(O)ccc(O)c3c(=O)c2c1O. The van der Waals surface area contributed by atoms with Crippen molar-refractivity contribution in [1.29, 1.82) is 0 Å². The van der Waals surface area contributed by atoms with Crippen molar-refractivity contribution < 1.29 is 24.8 Å². The molecule has 0 saturated heterocycles. The van der Waals surface area contributed by atoms with E-state index in [1.807, 2.05) is 46.8 Å². The predicted octanol–water partition coefficient (Wildman–Crippen LogP) is 6.51. The van der Waals surface area contributed by atoms with Gasteiger partial charge in [0.15, 0.2) is 11.3 Å². The molecule has 0 saturated carbocycles. The monoisotopic (exact) mass is 464 g/mol. The lowest BCUT2D eigenvalue weighted by atomic mass is 9.95. The van der Waals surface area contributed by atoms with Crippen molar-refractivity contribution in [3.63, 3.8) is 0 Å². The first-order valence-corrected chi connectivity index (χ1v) is 11.3. The van der Waals surface area contributed by atoms with Crippen LogP contribution < -0.4 is 5.43 Å². The number of fused-ring (bicyclic) bond motifs is 2. The van der Waals surface area contributed by atoms with Crippen LogP contribution in [0.2, 0.25) is 0 Å². The number of rotatable bonds is 7. The summed E-state index contributed by atoms with van der Waals surface area (Å²) in [6.45, 7) is 9.90. The van der Waals surface area contributed by atoms with Crippen molar-refractivity contribution in [2.75, 3.05) is 0 Å². The first kappa shape index (κ1) is 25.0. The molecule has 0 spiro atoms. The van der Waals surface area contributed by atoms with E-state index in [0.717, 1.165) is 24.0 Å². The Morgan fingerprint density at radius 1 is 0.765 bits per heavy atom. The molecule has 3 rings (SSSR count). The Balaban J connectivity index is 2.28. The second-order valence-corrected chi connectivity index (χ2v) is 9.16. The van der Waals surface area contributed by atoms with Gasteiger partial charge in [0.05, 0.1) is 0 Å². The number of benzene rings is 2. The Hall–Kier alpha value is -3.67. The van der Waals surface area contributed by atoms with Crippen LogP contribution in [0.4, 0.5) is 0 Å². The Morgan fingerprint density at radius 2 is 1.38 bits per heavy atom. The van der Waals surface area contributed by atoms with Gasteiger partial charge in [-0.15, -0.1) is 0 Å². The maximum atomic E-state index is 13.4. The molecule has 6 nitrogen and oxygen atoms in total. The summed E-state index contributed by atoms with van der Waals surface area (Å²) in [7, 11) is 0. The lowest BCUT2D eigenvalue weighted by Crippen LogP contribution is -2.06. The molecule has 1 aromatic heterocycles. The van der Waals surface area contributed by atoms with Crippen molar-refractivity contribution in [1.82, 2.24) is 0 Å². The molecule has 4 N–H and O–H groups in total. The van der Waals surface area contributed by atoms with E-state index in [1.54, 1.807) is 0 Å². The van der Waals surface area contributed by atoms with Gasteiger partial charge in [-0.25, -0.2) is 0 Å². The Kier molecular flexibility index (Phi) is 7.40. The average Bonchev–Trinajstić information content (AvgIpc) is 2.75. The van der Waals surface area contributed by atoms with Crippen LogP contribution in [-0.4, -0.2) is 20.4 Å². The van der Waals surface area contributed by atoms with Crippen molar-refractivity contribution >= 4 is 21.9 Å². The van der Waals surface area contributed by atoms with Crippen LogP contribution in [0, 0.1) is 0 Å². The summed E-state index contributed by atoms with van der Waals surface area (Å²) in [5, 5.41) is 42.4. The van der Waals surface area contributed by atoms with Gasteiger partial charge >= 0.3 is 0 Å². The molecule has 0 radical (unpaired) electrons. The van der Waals surface area contributed by atoms with E-state index in [0.29, 0.717) is 5.56 Å². The minimum atomic E-state index is -0.675.